The lowest BCUT2D eigenvalue weighted by atomic mass is 10.4. The minimum atomic E-state index is -3.33. The van der Waals surface area contributed by atoms with Crippen LogP contribution in [0.3, 0.4) is 0 Å². The fraction of sp³-hybridized carbons (Fsp3) is 0.692. The Kier molecular flexibility index (Phi) is 4.65. The Bertz CT molecular complexity index is 506. The van der Waals surface area contributed by atoms with Gasteiger partial charge in [0.05, 0.1) is 4.90 Å². The number of hydrogen-bond acceptors (Lipinski definition) is 3. The van der Waals surface area contributed by atoms with E-state index in [4.69, 9.17) is 0 Å². The van der Waals surface area contributed by atoms with Crippen molar-refractivity contribution in [2.75, 3.05) is 13.1 Å². The molecule has 0 bridgehead atoms. The zero-order valence-electron chi connectivity index (χ0n) is 11.6. The van der Waals surface area contributed by atoms with Crippen molar-refractivity contribution in [3.8, 4) is 0 Å². The first kappa shape index (κ1) is 14.6. The Morgan fingerprint density at radius 3 is 2.74 bits per heavy atom. The molecule has 0 aromatic carbocycles. The number of nitrogens with one attached hydrogen (secondary N) is 2. The molecule has 2 N–H and O–H groups in total. The van der Waals surface area contributed by atoms with Gasteiger partial charge in [0, 0.05) is 31.0 Å². The Morgan fingerprint density at radius 2 is 2.16 bits per heavy atom. The minimum absolute atomic E-state index is 0.220. The van der Waals surface area contributed by atoms with Crippen LogP contribution in [0.1, 0.15) is 38.8 Å². The van der Waals surface area contributed by atoms with Crippen LogP contribution in [0.25, 0.3) is 0 Å². The first-order valence-corrected chi connectivity index (χ1v) is 8.43. The summed E-state index contributed by atoms with van der Waals surface area (Å²) < 4.78 is 26.8. The van der Waals surface area contributed by atoms with Crippen LogP contribution in [-0.4, -0.2) is 36.8 Å². The van der Waals surface area contributed by atoms with Crippen LogP contribution in [0, 0.1) is 0 Å². The molecule has 19 heavy (non-hydrogen) atoms. The Hall–Kier alpha value is -0.850. The third-order valence-corrected chi connectivity index (χ3v) is 5.22. The highest BCUT2D eigenvalue weighted by Crippen LogP contribution is 2.32. The highest BCUT2D eigenvalue weighted by Gasteiger charge is 2.37. The van der Waals surface area contributed by atoms with Crippen molar-refractivity contribution in [2.24, 2.45) is 0 Å². The Morgan fingerprint density at radius 1 is 1.42 bits per heavy atom. The van der Waals surface area contributed by atoms with E-state index >= 15 is 0 Å². The number of aromatic nitrogens is 1. The predicted octanol–water partition coefficient (Wildman–Crippen LogP) is 1.69. The molecule has 108 valence electrons. The van der Waals surface area contributed by atoms with E-state index in [0.717, 1.165) is 31.5 Å². The van der Waals surface area contributed by atoms with Gasteiger partial charge in [0.2, 0.25) is 10.0 Å². The Labute approximate surface area is 115 Å². The van der Waals surface area contributed by atoms with Gasteiger partial charge in [-0.1, -0.05) is 13.8 Å². The number of rotatable bonds is 8. The molecule has 0 spiro atoms. The second-order valence-corrected chi connectivity index (χ2v) is 6.88. The first-order chi connectivity index (χ1) is 9.09. The summed E-state index contributed by atoms with van der Waals surface area (Å²) in [6, 6.07) is 1.96. The van der Waals surface area contributed by atoms with Crippen molar-refractivity contribution >= 4 is 10.0 Å². The third-order valence-electron chi connectivity index (χ3n) is 3.29. The molecular formula is C13H23N3O2S. The first-order valence-electron chi connectivity index (χ1n) is 6.99. The normalized spacial score (nSPS) is 16.2. The lowest BCUT2D eigenvalue weighted by Gasteiger charge is -2.20. The molecule has 6 heteroatoms. The molecule has 0 radical (unpaired) electrons. The number of aromatic amines is 1. The fourth-order valence-corrected chi connectivity index (χ4v) is 3.94. The number of H-pyrrole nitrogens is 1. The summed E-state index contributed by atoms with van der Waals surface area (Å²) in [6.07, 6.45) is 4.44. The van der Waals surface area contributed by atoms with Crippen LogP contribution in [-0.2, 0) is 16.6 Å². The van der Waals surface area contributed by atoms with Gasteiger partial charge in [-0.3, -0.25) is 0 Å². The van der Waals surface area contributed by atoms with Gasteiger partial charge in [0.25, 0.3) is 0 Å². The lowest BCUT2D eigenvalue weighted by molar-refractivity contribution is 0.403. The van der Waals surface area contributed by atoms with Crippen molar-refractivity contribution in [3.63, 3.8) is 0 Å². The largest absolute Gasteiger partial charge is 0.363 e. The predicted molar refractivity (Wildman–Crippen MR) is 75.4 cm³/mol. The zero-order chi connectivity index (χ0) is 13.9. The molecule has 1 aromatic heterocycles. The van der Waals surface area contributed by atoms with Gasteiger partial charge in [-0.2, -0.15) is 4.31 Å². The summed E-state index contributed by atoms with van der Waals surface area (Å²) in [6.45, 7) is 6.18. The molecule has 1 aromatic rings. The van der Waals surface area contributed by atoms with Crippen molar-refractivity contribution in [1.82, 2.24) is 14.6 Å². The number of hydrogen-bond donors (Lipinski definition) is 2. The second-order valence-electron chi connectivity index (χ2n) is 4.99. The molecule has 0 unspecified atom stereocenters. The second kappa shape index (κ2) is 6.07. The summed E-state index contributed by atoms with van der Waals surface area (Å²) in [7, 11) is -3.33. The summed E-state index contributed by atoms with van der Waals surface area (Å²) in [5.41, 5.74) is 0.910. The number of sulfonamides is 1. The van der Waals surface area contributed by atoms with Gasteiger partial charge in [-0.25, -0.2) is 8.42 Å². The molecule has 5 nitrogen and oxygen atoms in total. The highest BCUT2D eigenvalue weighted by molar-refractivity contribution is 7.89. The van der Waals surface area contributed by atoms with E-state index in [9.17, 15) is 8.42 Å². The monoisotopic (exact) mass is 285 g/mol. The van der Waals surface area contributed by atoms with Crippen molar-refractivity contribution in [1.29, 1.82) is 0 Å². The lowest BCUT2D eigenvalue weighted by Crippen LogP contribution is -2.33. The summed E-state index contributed by atoms with van der Waals surface area (Å²) in [5.74, 6) is 0. The molecule has 0 amide bonds. The smallest absolute Gasteiger partial charge is 0.244 e. The molecule has 1 saturated carbocycles. The van der Waals surface area contributed by atoms with E-state index in [-0.39, 0.29) is 6.04 Å². The summed E-state index contributed by atoms with van der Waals surface area (Å²) >= 11 is 0. The van der Waals surface area contributed by atoms with Crippen molar-refractivity contribution in [2.45, 2.75) is 50.6 Å². The van der Waals surface area contributed by atoms with Crippen molar-refractivity contribution in [3.05, 3.63) is 18.0 Å². The van der Waals surface area contributed by atoms with Gasteiger partial charge in [-0.05, 0) is 31.9 Å². The van der Waals surface area contributed by atoms with E-state index in [1.807, 2.05) is 13.8 Å². The van der Waals surface area contributed by atoms with Crippen LogP contribution >= 0.6 is 0 Å². The molecule has 2 rings (SSSR count). The molecule has 1 heterocycles. The van der Waals surface area contributed by atoms with Gasteiger partial charge in [0.1, 0.15) is 0 Å². The molecule has 1 fully saturated rings. The molecular weight excluding hydrogens is 262 g/mol. The van der Waals surface area contributed by atoms with Gasteiger partial charge >= 0.3 is 0 Å². The number of nitrogens with zero attached hydrogens (tertiary/aromatic N) is 1. The van der Waals surface area contributed by atoms with E-state index in [2.05, 4.69) is 10.3 Å². The average Bonchev–Trinajstić information content (AvgIpc) is 3.10. The quantitative estimate of drug-likeness (QED) is 0.764. The van der Waals surface area contributed by atoms with Gasteiger partial charge in [0.15, 0.2) is 0 Å². The molecule has 1 aliphatic carbocycles. The molecule has 0 aliphatic heterocycles. The highest BCUT2D eigenvalue weighted by atomic mass is 32.2. The standard InChI is InChI=1S/C13H23N3O2S/c1-3-7-16(12-5-6-12)19(17,18)13-8-11(15-10-13)9-14-4-2/h8,10,12,14-15H,3-7,9H2,1-2H3. The van der Waals surface area contributed by atoms with Crippen molar-refractivity contribution < 1.29 is 8.42 Å². The molecule has 1 aliphatic rings. The molecule has 0 saturated heterocycles. The molecule has 0 atom stereocenters. The maximum Gasteiger partial charge on any atom is 0.244 e. The zero-order valence-corrected chi connectivity index (χ0v) is 12.5. The third kappa shape index (κ3) is 3.38. The topological polar surface area (TPSA) is 65.2 Å². The van der Waals surface area contributed by atoms with Crippen LogP contribution in [0.5, 0.6) is 0 Å². The van der Waals surface area contributed by atoms with Gasteiger partial charge in [-0.15, -0.1) is 0 Å². The summed E-state index contributed by atoms with van der Waals surface area (Å²) in [5, 5.41) is 3.18. The fourth-order valence-electron chi connectivity index (χ4n) is 2.15. The minimum Gasteiger partial charge on any atom is -0.363 e. The van der Waals surface area contributed by atoms with Gasteiger partial charge < -0.3 is 10.3 Å². The van der Waals surface area contributed by atoms with Crippen LogP contribution in [0.4, 0.5) is 0 Å². The van der Waals surface area contributed by atoms with E-state index < -0.39 is 10.0 Å². The van der Waals surface area contributed by atoms with E-state index in [1.165, 1.54) is 0 Å². The SMILES string of the molecule is CCCN(C1CC1)S(=O)(=O)c1c[nH]c(CNCC)c1. The average molecular weight is 285 g/mol. The Balaban J connectivity index is 2.15. The van der Waals surface area contributed by atoms with Crippen LogP contribution in [0.2, 0.25) is 0 Å². The van der Waals surface area contributed by atoms with E-state index in [1.54, 1.807) is 16.6 Å². The van der Waals surface area contributed by atoms with Crippen LogP contribution < -0.4 is 5.32 Å². The van der Waals surface area contributed by atoms with E-state index in [0.29, 0.717) is 18.0 Å². The summed E-state index contributed by atoms with van der Waals surface area (Å²) in [4.78, 5) is 3.42. The maximum atomic E-state index is 12.6. The maximum absolute atomic E-state index is 12.6. The van der Waals surface area contributed by atoms with Crippen LogP contribution in [0.15, 0.2) is 17.2 Å².